The lowest BCUT2D eigenvalue weighted by Crippen LogP contribution is -2.58. The summed E-state index contributed by atoms with van der Waals surface area (Å²) < 4.78 is 1.79. The minimum atomic E-state index is -1.09. The fraction of sp³-hybridized carbons (Fsp3) is 0.345. The lowest BCUT2D eigenvalue weighted by molar-refractivity contribution is -0.134. The molecule has 2 heterocycles. The molecule has 1 aliphatic heterocycles. The van der Waals surface area contributed by atoms with Crippen molar-refractivity contribution in [2.45, 2.75) is 62.4 Å². The van der Waals surface area contributed by atoms with E-state index in [9.17, 15) is 24.0 Å². The first kappa shape index (κ1) is 29.7. The normalized spacial score (nSPS) is 22.9. The molecule has 216 valence electrons. The molecule has 1 aromatic heterocycles. The minimum Gasteiger partial charge on any atom is -0.368 e. The molecule has 12 heteroatoms. The highest BCUT2D eigenvalue weighted by atomic mass is 32.2. The van der Waals surface area contributed by atoms with Crippen LogP contribution in [0.25, 0.3) is 10.8 Å². The van der Waals surface area contributed by atoms with Gasteiger partial charge in [-0.1, -0.05) is 54.6 Å². The van der Waals surface area contributed by atoms with Crippen LogP contribution < -0.4 is 27.0 Å². The molecule has 0 spiro atoms. The molecule has 5 atom stereocenters. The number of hydrogen-bond donors (Lipinski definition) is 5. The summed E-state index contributed by atoms with van der Waals surface area (Å²) in [4.78, 5) is 64.7. The summed E-state index contributed by atoms with van der Waals surface area (Å²) in [7, 11) is 0. The molecule has 0 saturated heterocycles. The van der Waals surface area contributed by atoms with Gasteiger partial charge < -0.3 is 31.6 Å². The lowest BCUT2D eigenvalue weighted by atomic mass is 10.1. The highest BCUT2D eigenvalue weighted by Crippen LogP contribution is 2.33. The number of fused-ring (bicyclic) bond motifs is 3. The van der Waals surface area contributed by atoms with Crippen molar-refractivity contribution in [2.75, 3.05) is 5.75 Å². The van der Waals surface area contributed by atoms with Crippen molar-refractivity contribution < 1.29 is 24.0 Å². The van der Waals surface area contributed by atoms with Gasteiger partial charge in [0.1, 0.15) is 30.2 Å². The van der Waals surface area contributed by atoms with Gasteiger partial charge in [-0.05, 0) is 26.3 Å². The zero-order valence-electron chi connectivity index (χ0n) is 23.0. The van der Waals surface area contributed by atoms with Crippen LogP contribution in [0.4, 0.5) is 0 Å². The third-order valence-corrected chi connectivity index (χ3v) is 8.17. The van der Waals surface area contributed by atoms with Gasteiger partial charge in [0.15, 0.2) is 0 Å². The molecule has 41 heavy (non-hydrogen) atoms. The molecule has 4 rings (SSSR count). The van der Waals surface area contributed by atoms with Crippen LogP contribution in [0.2, 0.25) is 0 Å². The summed E-state index contributed by atoms with van der Waals surface area (Å²) in [5.41, 5.74) is 6.43. The molecule has 0 bridgehead atoms. The largest absolute Gasteiger partial charge is 0.368 e. The standard InChI is InChI=1S/C29H34N6O5S/c1-16-25(37)31-17(2)26(38)34-23(28(40)33-22(24(30)36)13-19-9-5-4-6-10-19)15-41-29-21-12-8-7-11-20(21)14-35(29)18(3)27(39)32-16/h4-12,14,16-18,22-23H,13,15H2,1-3H3,(H2,30,36)(H,31,37)(H,32,39)(H,33,40)(H,34,38)/t16-,17+,18-,22-,23-/m0/s1. The molecule has 2 aromatic carbocycles. The van der Waals surface area contributed by atoms with E-state index in [-0.39, 0.29) is 18.1 Å². The van der Waals surface area contributed by atoms with Gasteiger partial charge in [0, 0.05) is 29.1 Å². The first-order valence-corrected chi connectivity index (χ1v) is 14.3. The third-order valence-electron chi connectivity index (χ3n) is 6.97. The van der Waals surface area contributed by atoms with E-state index in [4.69, 9.17) is 5.73 Å². The van der Waals surface area contributed by atoms with Gasteiger partial charge in [-0.25, -0.2) is 0 Å². The van der Waals surface area contributed by atoms with Crippen LogP contribution in [0.1, 0.15) is 32.4 Å². The lowest BCUT2D eigenvalue weighted by Gasteiger charge is -2.26. The second-order valence-corrected chi connectivity index (χ2v) is 11.1. The highest BCUT2D eigenvalue weighted by Gasteiger charge is 2.31. The molecular weight excluding hydrogens is 544 g/mol. The number of hydrogen-bond acceptors (Lipinski definition) is 6. The van der Waals surface area contributed by atoms with Crippen LogP contribution in [0, 0.1) is 0 Å². The average molecular weight is 579 g/mol. The fourth-order valence-corrected chi connectivity index (χ4v) is 5.77. The van der Waals surface area contributed by atoms with Gasteiger partial charge in [0.25, 0.3) is 0 Å². The second kappa shape index (κ2) is 12.9. The van der Waals surface area contributed by atoms with Gasteiger partial charge in [0.05, 0.1) is 5.03 Å². The summed E-state index contributed by atoms with van der Waals surface area (Å²) >= 11 is 1.30. The van der Waals surface area contributed by atoms with Crippen LogP contribution in [0.15, 0.2) is 65.8 Å². The van der Waals surface area contributed by atoms with E-state index in [0.29, 0.717) is 5.03 Å². The van der Waals surface area contributed by atoms with Crippen molar-refractivity contribution in [1.82, 2.24) is 25.8 Å². The Hall–Kier alpha value is -4.32. The quantitative estimate of drug-likeness (QED) is 0.303. The number of nitrogens with one attached hydrogen (secondary N) is 4. The Bertz CT molecular complexity index is 1460. The predicted octanol–water partition coefficient (Wildman–Crippen LogP) is 1.02. The molecule has 6 N–H and O–H groups in total. The van der Waals surface area contributed by atoms with Crippen molar-refractivity contribution >= 4 is 52.1 Å². The summed E-state index contributed by atoms with van der Waals surface area (Å²) in [5.74, 6) is -2.75. The highest BCUT2D eigenvalue weighted by molar-refractivity contribution is 7.99. The zero-order chi connectivity index (χ0) is 29.7. The van der Waals surface area contributed by atoms with E-state index in [1.165, 1.54) is 25.6 Å². The van der Waals surface area contributed by atoms with Crippen molar-refractivity contribution in [1.29, 1.82) is 0 Å². The van der Waals surface area contributed by atoms with Gasteiger partial charge in [-0.2, -0.15) is 0 Å². The van der Waals surface area contributed by atoms with Crippen LogP contribution in [-0.2, 0) is 30.4 Å². The number of nitrogens with two attached hydrogens (primary N) is 1. The van der Waals surface area contributed by atoms with Gasteiger partial charge in [-0.15, -0.1) is 11.8 Å². The van der Waals surface area contributed by atoms with Crippen molar-refractivity contribution in [3.05, 3.63) is 66.4 Å². The Morgan fingerprint density at radius 1 is 0.927 bits per heavy atom. The molecule has 11 nitrogen and oxygen atoms in total. The molecule has 0 fully saturated rings. The third kappa shape index (κ3) is 7.07. The number of benzene rings is 2. The Balaban J connectivity index is 1.67. The SMILES string of the molecule is C[C@@H]1NC(=O)[C@H](C)n2cc3ccccc3c2SC[C@@H](C(=O)N[C@@H](Cc2ccccc2)C(N)=O)NC(=O)[C@@H](C)NC1=O. The molecule has 1 aliphatic rings. The number of carbonyl (C=O) groups excluding carboxylic acids is 5. The van der Waals surface area contributed by atoms with Crippen molar-refractivity contribution in [2.24, 2.45) is 5.73 Å². The van der Waals surface area contributed by atoms with E-state index < -0.39 is 53.8 Å². The maximum Gasteiger partial charge on any atom is 0.244 e. The molecule has 0 aliphatic carbocycles. The second-order valence-electron chi connectivity index (χ2n) is 10.1. The van der Waals surface area contributed by atoms with Crippen LogP contribution in [0.5, 0.6) is 0 Å². The maximum absolute atomic E-state index is 13.5. The van der Waals surface area contributed by atoms with Crippen LogP contribution >= 0.6 is 11.8 Å². The molecular formula is C29H34N6O5S. The van der Waals surface area contributed by atoms with E-state index in [1.54, 1.807) is 11.5 Å². The average Bonchev–Trinajstić information content (AvgIpc) is 3.32. The van der Waals surface area contributed by atoms with Gasteiger partial charge >= 0.3 is 0 Å². The Morgan fingerprint density at radius 2 is 1.54 bits per heavy atom. The Morgan fingerprint density at radius 3 is 2.22 bits per heavy atom. The van der Waals surface area contributed by atoms with E-state index in [0.717, 1.165) is 16.3 Å². The molecule has 0 radical (unpaired) electrons. The monoisotopic (exact) mass is 578 g/mol. The summed E-state index contributed by atoms with van der Waals surface area (Å²) in [5, 5.41) is 13.2. The summed E-state index contributed by atoms with van der Waals surface area (Å²) in [6.45, 7) is 4.74. The Kier molecular flexibility index (Phi) is 9.33. The van der Waals surface area contributed by atoms with E-state index in [1.807, 2.05) is 60.8 Å². The number of aromatic nitrogens is 1. The summed E-state index contributed by atoms with van der Waals surface area (Å²) in [6.07, 6.45) is 2.03. The van der Waals surface area contributed by atoms with Crippen LogP contribution in [0.3, 0.4) is 0 Å². The molecule has 5 amide bonds. The zero-order valence-corrected chi connectivity index (χ0v) is 23.9. The van der Waals surface area contributed by atoms with Crippen molar-refractivity contribution in [3.63, 3.8) is 0 Å². The topological polar surface area (TPSA) is 164 Å². The number of amides is 5. The van der Waals surface area contributed by atoms with E-state index in [2.05, 4.69) is 21.3 Å². The Labute approximate surface area is 242 Å². The molecule has 3 aromatic rings. The summed E-state index contributed by atoms with van der Waals surface area (Å²) in [6, 6.07) is 12.0. The van der Waals surface area contributed by atoms with Crippen molar-refractivity contribution in [3.8, 4) is 0 Å². The number of carbonyl (C=O) groups is 5. The molecule has 0 unspecified atom stereocenters. The molecule has 0 saturated carbocycles. The van der Waals surface area contributed by atoms with Gasteiger partial charge in [-0.3, -0.25) is 24.0 Å². The maximum atomic E-state index is 13.5. The van der Waals surface area contributed by atoms with E-state index >= 15 is 0 Å². The number of thioether (sulfide) groups is 1. The van der Waals surface area contributed by atoms with Crippen LogP contribution in [-0.4, -0.2) is 64.0 Å². The number of primary amides is 1. The van der Waals surface area contributed by atoms with Gasteiger partial charge in [0.2, 0.25) is 29.5 Å². The smallest absolute Gasteiger partial charge is 0.244 e. The minimum absolute atomic E-state index is 0.0772. The fourth-order valence-electron chi connectivity index (χ4n) is 4.51. The number of nitrogens with zero attached hydrogens (tertiary/aromatic N) is 1. The number of rotatable bonds is 5. The first-order chi connectivity index (χ1) is 19.5. The first-order valence-electron chi connectivity index (χ1n) is 13.3. The predicted molar refractivity (Wildman–Crippen MR) is 156 cm³/mol.